The van der Waals surface area contributed by atoms with Crippen LogP contribution in [0.15, 0.2) is 34.9 Å². The van der Waals surface area contributed by atoms with Crippen LogP contribution in [0.25, 0.3) is 0 Å². The second-order valence-electron chi connectivity index (χ2n) is 3.68. The summed E-state index contributed by atoms with van der Waals surface area (Å²) in [6.07, 6.45) is 1.65. The SMILES string of the molecule is Cc1cc(Br)c(Nc2ccnc(N)c2)cc1Cl. The number of benzene rings is 1. The number of rotatable bonds is 2. The van der Waals surface area contributed by atoms with E-state index in [1.54, 1.807) is 12.3 Å². The van der Waals surface area contributed by atoms with E-state index < -0.39 is 0 Å². The second kappa shape index (κ2) is 4.94. The van der Waals surface area contributed by atoms with Crippen molar-refractivity contribution in [3.8, 4) is 0 Å². The number of anilines is 3. The minimum Gasteiger partial charge on any atom is -0.384 e. The Balaban J connectivity index is 2.33. The van der Waals surface area contributed by atoms with Crippen molar-refractivity contribution >= 4 is 44.7 Å². The molecule has 0 spiro atoms. The maximum atomic E-state index is 6.09. The van der Waals surface area contributed by atoms with Crippen molar-refractivity contribution in [2.45, 2.75) is 6.92 Å². The monoisotopic (exact) mass is 311 g/mol. The maximum absolute atomic E-state index is 6.09. The summed E-state index contributed by atoms with van der Waals surface area (Å²) < 4.78 is 0.954. The summed E-state index contributed by atoms with van der Waals surface area (Å²) >= 11 is 9.57. The van der Waals surface area contributed by atoms with E-state index in [0.29, 0.717) is 5.82 Å². The lowest BCUT2D eigenvalue weighted by molar-refractivity contribution is 1.33. The highest BCUT2D eigenvalue weighted by molar-refractivity contribution is 9.10. The lowest BCUT2D eigenvalue weighted by Crippen LogP contribution is -1.95. The lowest BCUT2D eigenvalue weighted by atomic mass is 10.2. The maximum Gasteiger partial charge on any atom is 0.125 e. The van der Waals surface area contributed by atoms with Gasteiger partial charge in [0, 0.05) is 27.4 Å². The number of pyridine rings is 1. The van der Waals surface area contributed by atoms with Gasteiger partial charge in [0.15, 0.2) is 0 Å². The molecule has 1 aromatic heterocycles. The third kappa shape index (κ3) is 2.90. The van der Waals surface area contributed by atoms with Crippen LogP contribution in [0.1, 0.15) is 5.56 Å². The molecule has 0 fully saturated rings. The molecule has 0 aliphatic carbocycles. The first-order valence-electron chi connectivity index (χ1n) is 5.00. The van der Waals surface area contributed by atoms with Gasteiger partial charge in [-0.05, 0) is 46.6 Å². The van der Waals surface area contributed by atoms with E-state index in [2.05, 4.69) is 26.2 Å². The number of nitrogens with two attached hydrogens (primary N) is 1. The van der Waals surface area contributed by atoms with Crippen molar-refractivity contribution in [2.75, 3.05) is 11.1 Å². The van der Waals surface area contributed by atoms with Crippen molar-refractivity contribution in [1.82, 2.24) is 4.98 Å². The standard InChI is InChI=1S/C12H11BrClN3/c1-7-4-9(13)11(6-10(7)14)17-8-2-3-16-12(15)5-8/h2-6H,1H3,(H3,15,16,17). The van der Waals surface area contributed by atoms with Crippen LogP contribution in [-0.2, 0) is 0 Å². The molecule has 0 saturated carbocycles. The number of hydrogen-bond donors (Lipinski definition) is 2. The summed E-state index contributed by atoms with van der Waals surface area (Å²) in [5, 5.41) is 3.95. The fourth-order valence-electron chi connectivity index (χ4n) is 1.42. The first-order chi connectivity index (χ1) is 8.06. The van der Waals surface area contributed by atoms with E-state index in [9.17, 15) is 0 Å². The minimum atomic E-state index is 0.476. The zero-order valence-corrected chi connectivity index (χ0v) is 11.5. The van der Waals surface area contributed by atoms with Crippen LogP contribution < -0.4 is 11.1 Å². The lowest BCUT2D eigenvalue weighted by Gasteiger charge is -2.10. The minimum absolute atomic E-state index is 0.476. The molecule has 2 rings (SSSR count). The largest absolute Gasteiger partial charge is 0.384 e. The highest BCUT2D eigenvalue weighted by Crippen LogP contribution is 2.31. The predicted molar refractivity (Wildman–Crippen MR) is 75.8 cm³/mol. The average Bonchev–Trinajstić information content (AvgIpc) is 2.26. The highest BCUT2D eigenvalue weighted by atomic mass is 79.9. The number of halogens is 2. The smallest absolute Gasteiger partial charge is 0.125 e. The zero-order valence-electron chi connectivity index (χ0n) is 9.17. The van der Waals surface area contributed by atoms with Crippen LogP contribution >= 0.6 is 27.5 Å². The van der Waals surface area contributed by atoms with Gasteiger partial charge in [0.05, 0.1) is 5.69 Å². The van der Waals surface area contributed by atoms with Gasteiger partial charge < -0.3 is 11.1 Å². The Morgan fingerprint density at radius 3 is 2.82 bits per heavy atom. The summed E-state index contributed by atoms with van der Waals surface area (Å²) in [5.41, 5.74) is 8.41. The normalized spacial score (nSPS) is 10.3. The van der Waals surface area contributed by atoms with E-state index in [1.165, 1.54) is 0 Å². The Bertz CT molecular complexity index is 557. The van der Waals surface area contributed by atoms with Crippen molar-refractivity contribution in [2.24, 2.45) is 0 Å². The molecule has 0 saturated heterocycles. The molecule has 0 bridgehead atoms. The van der Waals surface area contributed by atoms with E-state index in [4.69, 9.17) is 17.3 Å². The molecule has 3 N–H and O–H groups in total. The molecule has 0 atom stereocenters. The number of nitrogen functional groups attached to an aromatic ring is 1. The van der Waals surface area contributed by atoms with Crippen LogP contribution in [-0.4, -0.2) is 4.98 Å². The Morgan fingerprint density at radius 1 is 1.35 bits per heavy atom. The Labute approximate surface area is 113 Å². The summed E-state index contributed by atoms with van der Waals surface area (Å²) in [4.78, 5) is 3.94. The van der Waals surface area contributed by atoms with Crippen LogP contribution in [0.2, 0.25) is 5.02 Å². The fourth-order valence-corrected chi connectivity index (χ4v) is 2.14. The van der Waals surface area contributed by atoms with Gasteiger partial charge >= 0.3 is 0 Å². The van der Waals surface area contributed by atoms with Gasteiger partial charge in [-0.1, -0.05) is 11.6 Å². The van der Waals surface area contributed by atoms with Gasteiger partial charge in [-0.2, -0.15) is 0 Å². The van der Waals surface area contributed by atoms with Gasteiger partial charge in [0.1, 0.15) is 5.82 Å². The summed E-state index contributed by atoms with van der Waals surface area (Å²) in [7, 11) is 0. The Morgan fingerprint density at radius 2 is 2.12 bits per heavy atom. The van der Waals surface area contributed by atoms with Crippen molar-refractivity contribution in [3.05, 3.63) is 45.5 Å². The molecule has 1 heterocycles. The molecule has 0 aliphatic heterocycles. The van der Waals surface area contributed by atoms with E-state index >= 15 is 0 Å². The van der Waals surface area contributed by atoms with Crippen molar-refractivity contribution < 1.29 is 0 Å². The predicted octanol–water partition coefficient (Wildman–Crippen LogP) is 4.13. The van der Waals surface area contributed by atoms with Crippen molar-refractivity contribution in [3.63, 3.8) is 0 Å². The number of nitrogens with zero attached hydrogens (tertiary/aromatic N) is 1. The van der Waals surface area contributed by atoms with Gasteiger partial charge in [-0.15, -0.1) is 0 Å². The number of aromatic nitrogens is 1. The number of aryl methyl sites for hydroxylation is 1. The highest BCUT2D eigenvalue weighted by Gasteiger charge is 2.04. The number of nitrogens with one attached hydrogen (secondary N) is 1. The fraction of sp³-hybridized carbons (Fsp3) is 0.0833. The molecule has 88 valence electrons. The molecule has 17 heavy (non-hydrogen) atoms. The third-order valence-corrected chi connectivity index (χ3v) is 3.37. The molecule has 5 heteroatoms. The van der Waals surface area contributed by atoms with Crippen LogP contribution in [0, 0.1) is 6.92 Å². The zero-order chi connectivity index (χ0) is 12.4. The van der Waals surface area contributed by atoms with Gasteiger partial charge in [0.2, 0.25) is 0 Å². The van der Waals surface area contributed by atoms with Gasteiger partial charge in [-0.3, -0.25) is 0 Å². The molecule has 3 nitrogen and oxygen atoms in total. The summed E-state index contributed by atoms with van der Waals surface area (Å²) in [5.74, 6) is 0.476. The number of hydrogen-bond acceptors (Lipinski definition) is 3. The van der Waals surface area contributed by atoms with Gasteiger partial charge in [0.25, 0.3) is 0 Å². The van der Waals surface area contributed by atoms with Crippen LogP contribution in [0.3, 0.4) is 0 Å². The van der Waals surface area contributed by atoms with Crippen molar-refractivity contribution in [1.29, 1.82) is 0 Å². The van der Waals surface area contributed by atoms with Gasteiger partial charge in [-0.25, -0.2) is 4.98 Å². The first-order valence-corrected chi connectivity index (χ1v) is 6.17. The summed E-state index contributed by atoms with van der Waals surface area (Å²) in [6, 6.07) is 7.45. The molecule has 2 aromatic rings. The van der Waals surface area contributed by atoms with Crippen LogP contribution in [0.4, 0.5) is 17.2 Å². The summed E-state index contributed by atoms with van der Waals surface area (Å²) in [6.45, 7) is 1.96. The molecule has 0 amide bonds. The molecule has 0 unspecified atom stereocenters. The molecule has 0 aliphatic rings. The molecule has 1 aromatic carbocycles. The van der Waals surface area contributed by atoms with E-state index in [-0.39, 0.29) is 0 Å². The van der Waals surface area contributed by atoms with Crippen LogP contribution in [0.5, 0.6) is 0 Å². The Kier molecular flexibility index (Phi) is 3.54. The van der Waals surface area contributed by atoms with E-state index in [0.717, 1.165) is 26.4 Å². The topological polar surface area (TPSA) is 50.9 Å². The average molecular weight is 313 g/mol. The third-order valence-electron chi connectivity index (χ3n) is 2.31. The second-order valence-corrected chi connectivity index (χ2v) is 4.94. The molecular weight excluding hydrogens is 302 g/mol. The quantitative estimate of drug-likeness (QED) is 0.876. The Hall–Kier alpha value is -1.26. The van der Waals surface area contributed by atoms with E-state index in [1.807, 2.05) is 25.1 Å². The molecule has 0 radical (unpaired) electrons. The first kappa shape index (κ1) is 12.2. The molecular formula is C12H11BrClN3.